The van der Waals surface area contributed by atoms with Crippen molar-refractivity contribution in [1.82, 2.24) is 5.32 Å². The first-order chi connectivity index (χ1) is 11.5. The minimum atomic E-state index is -0.715. The molecule has 24 heavy (non-hydrogen) atoms. The van der Waals surface area contributed by atoms with Gasteiger partial charge in [-0.05, 0) is 45.1 Å². The average Bonchev–Trinajstić information content (AvgIpc) is 2.78. The van der Waals surface area contributed by atoms with Crippen LogP contribution in [0.15, 0.2) is 0 Å². The summed E-state index contributed by atoms with van der Waals surface area (Å²) in [4.78, 5) is 11.9. The lowest BCUT2D eigenvalue weighted by atomic mass is 9.58. The predicted molar refractivity (Wildman–Crippen MR) is 86.7 cm³/mol. The largest absolute Gasteiger partial charge is 0.351 e. The molecule has 0 radical (unpaired) electrons. The van der Waals surface area contributed by atoms with Crippen LogP contribution in [0.1, 0.15) is 46.5 Å². The van der Waals surface area contributed by atoms with E-state index in [1.165, 1.54) is 6.42 Å². The molecule has 6 heteroatoms. The molecule has 4 heterocycles. The van der Waals surface area contributed by atoms with Crippen LogP contribution in [0.4, 0.5) is 0 Å². The molecule has 1 aliphatic carbocycles. The van der Waals surface area contributed by atoms with Crippen molar-refractivity contribution < 1.29 is 24.0 Å². The molecular formula is C18H31NO5. The normalized spacial score (nSPS) is 53.5. The van der Waals surface area contributed by atoms with Crippen LogP contribution < -0.4 is 5.32 Å². The van der Waals surface area contributed by atoms with Gasteiger partial charge in [0, 0.05) is 24.8 Å². The van der Waals surface area contributed by atoms with E-state index in [1.807, 2.05) is 14.0 Å². The lowest BCUT2D eigenvalue weighted by molar-refractivity contribution is -0.577. The molecule has 5 rings (SSSR count). The van der Waals surface area contributed by atoms with Gasteiger partial charge in [-0.15, -0.1) is 0 Å². The zero-order valence-corrected chi connectivity index (χ0v) is 15.2. The van der Waals surface area contributed by atoms with Crippen LogP contribution in [0, 0.1) is 23.7 Å². The lowest BCUT2D eigenvalue weighted by Crippen LogP contribution is -2.70. The fourth-order valence-electron chi connectivity index (χ4n) is 5.34. The van der Waals surface area contributed by atoms with Crippen LogP contribution in [0.5, 0.6) is 0 Å². The van der Waals surface area contributed by atoms with Crippen LogP contribution in [0.3, 0.4) is 0 Å². The zero-order chi connectivity index (χ0) is 16.9. The van der Waals surface area contributed by atoms with Gasteiger partial charge in [0.15, 0.2) is 18.2 Å². The summed E-state index contributed by atoms with van der Waals surface area (Å²) in [5, 5.41) is 3.11. The van der Waals surface area contributed by atoms with Crippen molar-refractivity contribution in [3.63, 3.8) is 0 Å². The van der Waals surface area contributed by atoms with Crippen molar-refractivity contribution in [2.45, 2.75) is 70.4 Å². The highest BCUT2D eigenvalue weighted by molar-refractivity contribution is 5.09. The van der Waals surface area contributed by atoms with Crippen LogP contribution in [-0.4, -0.2) is 44.2 Å². The SMILES string of the molecule is CNCCO[C@H]1OC2O[C@@]3(C)CC[C@H]4[C@H](C)CCC([C@H]1C)[C@@]24OO3. The van der Waals surface area contributed by atoms with E-state index >= 15 is 0 Å². The van der Waals surface area contributed by atoms with Gasteiger partial charge in [-0.25, -0.2) is 9.78 Å². The molecule has 4 aliphatic heterocycles. The monoisotopic (exact) mass is 341 g/mol. The van der Waals surface area contributed by atoms with Gasteiger partial charge in [0.1, 0.15) is 0 Å². The van der Waals surface area contributed by atoms with Crippen molar-refractivity contribution in [3.05, 3.63) is 0 Å². The Kier molecular flexibility index (Phi) is 4.43. The maximum atomic E-state index is 6.33. The number of likely N-dealkylation sites (N-methyl/N-ethyl adjacent to an activating group) is 1. The van der Waals surface area contributed by atoms with Gasteiger partial charge in [-0.2, -0.15) is 0 Å². The maximum Gasteiger partial charge on any atom is 0.201 e. The molecule has 1 spiro atoms. The summed E-state index contributed by atoms with van der Waals surface area (Å²) in [5.41, 5.74) is -0.490. The second kappa shape index (κ2) is 6.18. The van der Waals surface area contributed by atoms with E-state index in [-0.39, 0.29) is 12.2 Å². The van der Waals surface area contributed by atoms with E-state index < -0.39 is 17.7 Å². The van der Waals surface area contributed by atoms with E-state index in [1.54, 1.807) is 0 Å². The number of hydrogen-bond acceptors (Lipinski definition) is 6. The molecule has 2 unspecified atom stereocenters. The molecule has 1 N–H and O–H groups in total. The first kappa shape index (κ1) is 17.2. The van der Waals surface area contributed by atoms with Crippen LogP contribution in [0.25, 0.3) is 0 Å². The van der Waals surface area contributed by atoms with Gasteiger partial charge in [0.25, 0.3) is 0 Å². The summed E-state index contributed by atoms with van der Waals surface area (Å²) in [6.07, 6.45) is 3.57. The quantitative estimate of drug-likeness (QED) is 0.626. The van der Waals surface area contributed by atoms with Crippen molar-refractivity contribution >= 4 is 0 Å². The van der Waals surface area contributed by atoms with E-state index in [4.69, 9.17) is 24.0 Å². The van der Waals surface area contributed by atoms with E-state index in [9.17, 15) is 0 Å². The Bertz CT molecular complexity index is 476. The van der Waals surface area contributed by atoms with Crippen molar-refractivity contribution in [2.24, 2.45) is 23.7 Å². The fraction of sp³-hybridized carbons (Fsp3) is 1.00. The summed E-state index contributed by atoms with van der Waals surface area (Å²) in [7, 11) is 1.93. The summed E-state index contributed by atoms with van der Waals surface area (Å²) in [5.74, 6) is 0.871. The number of ether oxygens (including phenoxy) is 3. The highest BCUT2D eigenvalue weighted by atomic mass is 17.3. The van der Waals surface area contributed by atoms with Gasteiger partial charge in [-0.1, -0.05) is 13.8 Å². The second-order valence-electron chi connectivity index (χ2n) is 8.25. The average molecular weight is 341 g/mol. The Labute approximate surface area is 144 Å². The third-order valence-corrected chi connectivity index (χ3v) is 6.73. The van der Waals surface area contributed by atoms with Crippen molar-refractivity contribution in [2.75, 3.05) is 20.2 Å². The first-order valence-electron chi connectivity index (χ1n) is 9.46. The lowest BCUT2D eigenvalue weighted by Gasteiger charge is -2.60. The first-order valence-corrected chi connectivity index (χ1v) is 9.46. The Hall–Kier alpha value is -0.240. The fourth-order valence-corrected chi connectivity index (χ4v) is 5.34. The van der Waals surface area contributed by atoms with Gasteiger partial charge < -0.3 is 19.5 Å². The number of nitrogens with one attached hydrogen (secondary N) is 1. The maximum absolute atomic E-state index is 6.33. The molecule has 8 atom stereocenters. The van der Waals surface area contributed by atoms with Crippen LogP contribution >= 0.6 is 0 Å². The number of fused-ring (bicyclic) bond motifs is 2. The molecule has 0 amide bonds. The highest BCUT2D eigenvalue weighted by Crippen LogP contribution is 2.60. The number of rotatable bonds is 4. The van der Waals surface area contributed by atoms with Gasteiger partial charge in [0.05, 0.1) is 6.61 Å². The molecule has 0 aromatic carbocycles. The molecule has 5 fully saturated rings. The van der Waals surface area contributed by atoms with E-state index in [0.29, 0.717) is 24.4 Å². The topological polar surface area (TPSA) is 58.2 Å². The third-order valence-electron chi connectivity index (χ3n) is 6.73. The minimum Gasteiger partial charge on any atom is -0.351 e. The molecule has 0 aromatic rings. The van der Waals surface area contributed by atoms with Crippen molar-refractivity contribution in [1.29, 1.82) is 0 Å². The Morgan fingerprint density at radius 3 is 2.75 bits per heavy atom. The molecule has 138 valence electrons. The standard InChI is InChI=1S/C18H31NO5/c1-11-5-6-14-12(2)15(20-10-9-19-4)21-16-18(14)13(11)7-8-17(3,22-16)23-24-18/h11-16,19H,5-10H2,1-4H3/t11-,12-,13+,14?,15+,16?,17-,18-/m1/s1. The Morgan fingerprint density at radius 2 is 1.96 bits per heavy atom. The number of hydrogen-bond donors (Lipinski definition) is 1. The smallest absolute Gasteiger partial charge is 0.201 e. The van der Waals surface area contributed by atoms with Gasteiger partial charge in [-0.3, -0.25) is 0 Å². The van der Waals surface area contributed by atoms with Gasteiger partial charge >= 0.3 is 0 Å². The Balaban J connectivity index is 1.64. The molecule has 6 nitrogen and oxygen atoms in total. The highest BCUT2D eigenvalue weighted by Gasteiger charge is 2.69. The molecule has 5 aliphatic rings. The predicted octanol–water partition coefficient (Wildman–Crippen LogP) is 2.43. The van der Waals surface area contributed by atoms with Gasteiger partial charge in [0.2, 0.25) is 5.79 Å². The van der Waals surface area contributed by atoms with Crippen molar-refractivity contribution in [3.8, 4) is 0 Å². The minimum absolute atomic E-state index is 0.250. The third kappa shape index (κ3) is 2.46. The molecular weight excluding hydrogens is 310 g/mol. The van der Waals surface area contributed by atoms with E-state index in [0.717, 1.165) is 25.8 Å². The Morgan fingerprint density at radius 1 is 1.12 bits per heavy atom. The molecule has 2 bridgehead atoms. The van der Waals surface area contributed by atoms with E-state index in [2.05, 4.69) is 19.2 Å². The van der Waals surface area contributed by atoms with Crippen LogP contribution in [0.2, 0.25) is 0 Å². The van der Waals surface area contributed by atoms with Crippen LogP contribution in [-0.2, 0) is 24.0 Å². The summed E-state index contributed by atoms with van der Waals surface area (Å²) in [6.45, 7) is 7.94. The molecule has 0 aromatic heterocycles. The second-order valence-corrected chi connectivity index (χ2v) is 8.25. The molecule has 1 saturated carbocycles. The molecule has 4 saturated heterocycles. The summed E-state index contributed by atoms with van der Waals surface area (Å²) < 4.78 is 18.6. The summed E-state index contributed by atoms with van der Waals surface area (Å²) in [6, 6.07) is 0. The zero-order valence-electron chi connectivity index (χ0n) is 15.2. The summed E-state index contributed by atoms with van der Waals surface area (Å²) >= 11 is 0.